The Morgan fingerprint density at radius 2 is 1.57 bits per heavy atom. The minimum Gasteiger partial charge on any atom is -0.384 e. The maximum atomic E-state index is 13.5. The van der Waals surface area contributed by atoms with Gasteiger partial charge in [0.1, 0.15) is 11.9 Å². The van der Waals surface area contributed by atoms with E-state index in [2.05, 4.69) is 4.72 Å². The van der Waals surface area contributed by atoms with Gasteiger partial charge in [-0.3, -0.25) is 10.2 Å². The molecule has 0 bridgehead atoms. The van der Waals surface area contributed by atoms with Crippen LogP contribution in [0.4, 0.5) is 0 Å². The van der Waals surface area contributed by atoms with Crippen molar-refractivity contribution in [3.05, 3.63) is 77.9 Å². The highest BCUT2D eigenvalue weighted by Crippen LogP contribution is 2.20. The number of carbonyl (C=O) groups excluding carboxylic acids is 1. The fourth-order valence-corrected chi connectivity index (χ4v) is 6.34. The van der Waals surface area contributed by atoms with Gasteiger partial charge in [0, 0.05) is 31.7 Å². The van der Waals surface area contributed by atoms with Crippen molar-refractivity contribution in [3.8, 4) is 0 Å². The molecule has 3 aromatic rings. The zero-order valence-electron chi connectivity index (χ0n) is 20.3. The quantitative estimate of drug-likeness (QED) is 0.286. The van der Waals surface area contributed by atoms with Gasteiger partial charge in [0.05, 0.1) is 11.2 Å². The van der Waals surface area contributed by atoms with E-state index in [9.17, 15) is 21.6 Å². The lowest BCUT2D eigenvalue weighted by Crippen LogP contribution is -2.56. The summed E-state index contributed by atoms with van der Waals surface area (Å²) in [6.07, 6.45) is 1.19. The Bertz CT molecular complexity index is 1530. The molecule has 0 aromatic heterocycles. The maximum absolute atomic E-state index is 13.5. The maximum Gasteiger partial charge on any atom is 0.241 e. The van der Waals surface area contributed by atoms with Crippen LogP contribution in [-0.4, -0.2) is 76.3 Å². The molecule has 4 rings (SSSR count). The molecule has 196 valence electrons. The molecule has 0 unspecified atom stereocenters. The number of nitrogens with two attached hydrogens (primary N) is 1. The Kier molecular flexibility index (Phi) is 7.64. The van der Waals surface area contributed by atoms with Crippen molar-refractivity contribution in [2.45, 2.75) is 17.4 Å². The molecule has 1 aliphatic heterocycles. The molecular weight excluding hydrogens is 514 g/mol. The number of amides is 1. The van der Waals surface area contributed by atoms with Crippen LogP contribution >= 0.6 is 0 Å². The first-order chi connectivity index (χ1) is 17.4. The molecule has 37 heavy (non-hydrogen) atoms. The van der Waals surface area contributed by atoms with E-state index in [4.69, 9.17) is 11.1 Å². The van der Waals surface area contributed by atoms with Gasteiger partial charge in [-0.05, 0) is 34.9 Å². The monoisotopic (exact) mass is 543 g/mol. The normalized spacial score (nSPS) is 16.0. The highest BCUT2D eigenvalue weighted by molar-refractivity contribution is 7.89. The first kappa shape index (κ1) is 26.7. The highest BCUT2D eigenvalue weighted by Gasteiger charge is 2.33. The molecule has 0 spiro atoms. The summed E-state index contributed by atoms with van der Waals surface area (Å²) in [5, 5.41) is 9.21. The Labute approximate surface area is 216 Å². The number of hydrogen-bond donors (Lipinski definition) is 3. The molecule has 0 saturated carbocycles. The summed E-state index contributed by atoms with van der Waals surface area (Å²) in [5.74, 6) is -0.534. The molecule has 1 heterocycles. The summed E-state index contributed by atoms with van der Waals surface area (Å²) in [6.45, 7) is 0.594. The predicted molar refractivity (Wildman–Crippen MR) is 142 cm³/mol. The third-order valence-electron chi connectivity index (χ3n) is 6.35. The number of nitrogens with one attached hydrogen (secondary N) is 2. The number of nitrogen functional groups attached to an aromatic ring is 1. The van der Waals surface area contributed by atoms with E-state index < -0.39 is 32.0 Å². The van der Waals surface area contributed by atoms with Crippen molar-refractivity contribution < 1.29 is 21.6 Å². The highest BCUT2D eigenvalue weighted by atomic mass is 32.2. The smallest absolute Gasteiger partial charge is 0.241 e. The summed E-state index contributed by atoms with van der Waals surface area (Å²) in [4.78, 5) is 15.1. The number of sulfonamides is 2. The van der Waals surface area contributed by atoms with E-state index in [0.29, 0.717) is 11.1 Å². The number of fused-ring (bicyclic) bond motifs is 1. The predicted octanol–water partition coefficient (Wildman–Crippen LogP) is 1.12. The molecular formula is C25H29N5O5S2. The van der Waals surface area contributed by atoms with Gasteiger partial charge in [0.25, 0.3) is 0 Å². The van der Waals surface area contributed by atoms with E-state index in [1.54, 1.807) is 36.4 Å². The fourth-order valence-electron chi connectivity index (χ4n) is 4.29. The molecule has 12 heteroatoms. The third-order valence-corrected chi connectivity index (χ3v) is 9.12. The van der Waals surface area contributed by atoms with Gasteiger partial charge in [-0.25, -0.2) is 16.8 Å². The Morgan fingerprint density at radius 1 is 0.946 bits per heavy atom. The molecule has 1 saturated heterocycles. The van der Waals surface area contributed by atoms with Crippen molar-refractivity contribution in [1.82, 2.24) is 13.9 Å². The van der Waals surface area contributed by atoms with Crippen LogP contribution in [0.2, 0.25) is 0 Å². The summed E-state index contributed by atoms with van der Waals surface area (Å²) in [7, 11) is -7.45. The lowest BCUT2D eigenvalue weighted by Gasteiger charge is -2.35. The van der Waals surface area contributed by atoms with Crippen LogP contribution in [0.3, 0.4) is 0 Å². The summed E-state index contributed by atoms with van der Waals surface area (Å²) >= 11 is 0. The van der Waals surface area contributed by atoms with Crippen LogP contribution < -0.4 is 10.5 Å². The van der Waals surface area contributed by atoms with Crippen LogP contribution in [0.15, 0.2) is 71.6 Å². The average molecular weight is 544 g/mol. The van der Waals surface area contributed by atoms with Gasteiger partial charge >= 0.3 is 0 Å². The van der Waals surface area contributed by atoms with Gasteiger partial charge in [0.15, 0.2) is 0 Å². The SMILES string of the molecule is CS(=O)(=O)N1CCN(C(=O)[C@H](Cc2ccc(C(=N)N)cc2)NS(=O)(=O)c2ccc3ccccc3c2)CC1. The minimum absolute atomic E-state index is 0.0397. The molecule has 0 radical (unpaired) electrons. The molecule has 1 fully saturated rings. The van der Waals surface area contributed by atoms with E-state index in [1.807, 2.05) is 24.3 Å². The largest absolute Gasteiger partial charge is 0.384 e. The molecule has 0 aliphatic carbocycles. The first-order valence-corrected chi connectivity index (χ1v) is 15.0. The zero-order valence-corrected chi connectivity index (χ0v) is 21.9. The topological polar surface area (TPSA) is 154 Å². The number of nitrogens with zero attached hydrogens (tertiary/aromatic N) is 2. The van der Waals surface area contributed by atoms with Crippen LogP contribution in [0.25, 0.3) is 10.8 Å². The second-order valence-electron chi connectivity index (χ2n) is 8.98. The number of piperazine rings is 1. The molecule has 1 amide bonds. The molecule has 10 nitrogen and oxygen atoms in total. The number of rotatable bonds is 8. The summed E-state index contributed by atoms with van der Waals surface area (Å²) < 4.78 is 54.3. The van der Waals surface area contributed by atoms with Gasteiger partial charge in [-0.15, -0.1) is 0 Å². The van der Waals surface area contributed by atoms with E-state index in [1.165, 1.54) is 15.3 Å². The van der Waals surface area contributed by atoms with Crippen LogP contribution in [0.5, 0.6) is 0 Å². The van der Waals surface area contributed by atoms with Crippen LogP contribution in [-0.2, 0) is 31.3 Å². The van der Waals surface area contributed by atoms with Crippen molar-refractivity contribution in [2.75, 3.05) is 32.4 Å². The molecule has 3 aromatic carbocycles. The van der Waals surface area contributed by atoms with Gasteiger partial charge in [0.2, 0.25) is 26.0 Å². The van der Waals surface area contributed by atoms with Crippen molar-refractivity contribution in [3.63, 3.8) is 0 Å². The van der Waals surface area contributed by atoms with Crippen LogP contribution in [0, 0.1) is 5.41 Å². The molecule has 1 aliphatic rings. The number of carbonyl (C=O) groups is 1. The van der Waals surface area contributed by atoms with Crippen LogP contribution in [0.1, 0.15) is 11.1 Å². The fraction of sp³-hybridized carbons (Fsp3) is 0.280. The number of amidine groups is 1. The van der Waals surface area contributed by atoms with E-state index in [0.717, 1.165) is 17.0 Å². The molecule has 1 atom stereocenters. The standard InChI is InChI=1S/C25H29N5O5S2/c1-36(32,33)30-14-12-29(13-15-30)25(31)23(16-18-6-8-20(9-7-18)24(26)27)28-37(34,35)22-11-10-19-4-2-3-5-21(19)17-22/h2-11,17,23,28H,12-16H2,1H3,(H3,26,27)/t23-/m0/s1. The second kappa shape index (κ2) is 10.6. The Hall–Kier alpha value is -3.32. The van der Waals surface area contributed by atoms with E-state index >= 15 is 0 Å². The lowest BCUT2D eigenvalue weighted by molar-refractivity contribution is -0.134. The van der Waals surface area contributed by atoms with Gasteiger partial charge in [-0.1, -0.05) is 54.6 Å². The van der Waals surface area contributed by atoms with Gasteiger partial charge in [-0.2, -0.15) is 9.03 Å². The first-order valence-electron chi connectivity index (χ1n) is 11.6. The van der Waals surface area contributed by atoms with Crippen molar-refractivity contribution >= 4 is 42.6 Å². The third kappa shape index (κ3) is 6.34. The Balaban J connectivity index is 1.60. The number of hydrogen-bond acceptors (Lipinski definition) is 6. The second-order valence-corrected chi connectivity index (χ2v) is 12.7. The van der Waals surface area contributed by atoms with Crippen molar-refractivity contribution in [1.29, 1.82) is 5.41 Å². The summed E-state index contributed by atoms with van der Waals surface area (Å²) in [5.41, 5.74) is 6.72. The zero-order chi connectivity index (χ0) is 26.8. The van der Waals surface area contributed by atoms with E-state index in [-0.39, 0.29) is 43.3 Å². The molecule has 4 N–H and O–H groups in total. The Morgan fingerprint density at radius 3 is 2.16 bits per heavy atom. The lowest BCUT2D eigenvalue weighted by atomic mass is 10.0. The minimum atomic E-state index is -4.07. The number of benzene rings is 3. The van der Waals surface area contributed by atoms with Gasteiger partial charge < -0.3 is 10.6 Å². The average Bonchev–Trinajstić information content (AvgIpc) is 2.87. The summed E-state index contributed by atoms with van der Waals surface area (Å²) in [6, 6.07) is 17.7. The van der Waals surface area contributed by atoms with Crippen molar-refractivity contribution in [2.24, 2.45) is 5.73 Å².